The number of hydrogen-bond donors (Lipinski definition) is 1. The molecule has 0 unspecified atom stereocenters. The van der Waals surface area contributed by atoms with E-state index in [1.807, 2.05) is 0 Å². The van der Waals surface area contributed by atoms with Gasteiger partial charge in [0.2, 0.25) is 5.88 Å². The number of aryl methyl sites for hydroxylation is 1. The zero-order chi connectivity index (χ0) is 14.0. The monoisotopic (exact) mass is 284 g/mol. The Morgan fingerprint density at radius 3 is 2.53 bits per heavy atom. The fourth-order valence-corrected chi connectivity index (χ4v) is 3.15. The quantitative estimate of drug-likeness (QED) is 0.920. The third-order valence-corrected chi connectivity index (χ3v) is 4.49. The van der Waals surface area contributed by atoms with E-state index in [9.17, 15) is 4.79 Å². The summed E-state index contributed by atoms with van der Waals surface area (Å²) < 4.78 is 5.80. The van der Waals surface area contributed by atoms with E-state index in [4.69, 9.17) is 9.84 Å². The summed E-state index contributed by atoms with van der Waals surface area (Å²) in [7, 11) is 4.19. The van der Waals surface area contributed by atoms with Gasteiger partial charge in [-0.05, 0) is 46.7 Å². The highest BCUT2D eigenvalue weighted by atomic mass is 32.1. The smallest absolute Gasteiger partial charge is 0.351 e. The van der Waals surface area contributed by atoms with Crippen molar-refractivity contribution >= 4 is 17.3 Å². The predicted molar refractivity (Wildman–Crippen MR) is 74.2 cm³/mol. The van der Waals surface area contributed by atoms with Crippen LogP contribution in [-0.4, -0.2) is 47.2 Å². The van der Waals surface area contributed by atoms with Gasteiger partial charge in [0.25, 0.3) is 0 Å². The summed E-state index contributed by atoms with van der Waals surface area (Å²) in [4.78, 5) is 17.7. The maximum atomic E-state index is 11.1. The highest BCUT2D eigenvalue weighted by Crippen LogP contribution is 2.30. The topological polar surface area (TPSA) is 62.7 Å². The number of nitrogens with zero attached hydrogens (tertiary/aromatic N) is 2. The van der Waals surface area contributed by atoms with Crippen molar-refractivity contribution in [1.82, 2.24) is 9.88 Å². The third-order valence-electron chi connectivity index (χ3n) is 3.55. The van der Waals surface area contributed by atoms with Crippen molar-refractivity contribution in [3.63, 3.8) is 0 Å². The van der Waals surface area contributed by atoms with Gasteiger partial charge in [-0.1, -0.05) is 0 Å². The van der Waals surface area contributed by atoms with Gasteiger partial charge in [-0.25, -0.2) is 9.78 Å². The van der Waals surface area contributed by atoms with E-state index in [0.717, 1.165) is 30.7 Å². The minimum atomic E-state index is -0.956. The number of hydrogen-bond acceptors (Lipinski definition) is 5. The molecule has 1 N–H and O–H groups in total. The van der Waals surface area contributed by atoms with E-state index in [-0.39, 0.29) is 11.0 Å². The first-order chi connectivity index (χ1) is 8.97. The number of rotatable bonds is 4. The fraction of sp³-hybridized carbons (Fsp3) is 0.692. The minimum Gasteiger partial charge on any atom is -0.477 e. The molecule has 0 saturated heterocycles. The Hall–Kier alpha value is -1.14. The first-order valence-corrected chi connectivity index (χ1v) is 7.33. The molecule has 1 aliphatic carbocycles. The van der Waals surface area contributed by atoms with E-state index in [0.29, 0.717) is 11.9 Å². The molecule has 1 fully saturated rings. The van der Waals surface area contributed by atoms with Crippen LogP contribution in [0.3, 0.4) is 0 Å². The van der Waals surface area contributed by atoms with E-state index in [1.54, 1.807) is 6.92 Å². The van der Waals surface area contributed by atoms with Crippen molar-refractivity contribution in [1.29, 1.82) is 0 Å². The van der Waals surface area contributed by atoms with E-state index >= 15 is 0 Å². The van der Waals surface area contributed by atoms with Crippen LogP contribution >= 0.6 is 11.3 Å². The van der Waals surface area contributed by atoms with Crippen LogP contribution in [-0.2, 0) is 0 Å². The average Bonchev–Trinajstić information content (AvgIpc) is 2.71. The molecular formula is C13H20N2O3S. The standard InChI is InChI=1S/C13H20N2O3S/c1-8-14-12(11(19-8)13(16)17)18-10-6-4-9(5-7-10)15(2)3/h9-10H,4-7H2,1-3H3,(H,16,17). The Bertz CT molecular complexity index is 451. The van der Waals surface area contributed by atoms with Gasteiger partial charge in [-0.15, -0.1) is 11.3 Å². The lowest BCUT2D eigenvalue weighted by Crippen LogP contribution is -2.35. The van der Waals surface area contributed by atoms with Crippen LogP contribution in [0.2, 0.25) is 0 Å². The van der Waals surface area contributed by atoms with Crippen molar-refractivity contribution < 1.29 is 14.6 Å². The van der Waals surface area contributed by atoms with Crippen molar-refractivity contribution in [3.8, 4) is 5.88 Å². The van der Waals surface area contributed by atoms with Gasteiger partial charge in [-0.2, -0.15) is 0 Å². The van der Waals surface area contributed by atoms with Gasteiger partial charge in [0.1, 0.15) is 6.10 Å². The molecule has 0 spiro atoms. The molecule has 0 aromatic carbocycles. The summed E-state index contributed by atoms with van der Waals surface area (Å²) in [6, 6.07) is 0.607. The van der Waals surface area contributed by atoms with Crippen LogP contribution in [0.5, 0.6) is 5.88 Å². The highest BCUT2D eigenvalue weighted by molar-refractivity contribution is 7.13. The molecule has 0 bridgehead atoms. The molecule has 1 heterocycles. The lowest BCUT2D eigenvalue weighted by atomic mass is 9.92. The molecule has 0 amide bonds. The minimum absolute atomic E-state index is 0.0933. The Labute approximate surface area is 117 Å². The second-order valence-corrected chi connectivity index (χ2v) is 6.39. The van der Waals surface area contributed by atoms with Crippen LogP contribution in [0, 0.1) is 6.92 Å². The molecule has 5 nitrogen and oxygen atoms in total. The van der Waals surface area contributed by atoms with Crippen LogP contribution in [0.15, 0.2) is 0 Å². The molecule has 1 aliphatic rings. The molecule has 6 heteroatoms. The van der Waals surface area contributed by atoms with E-state index in [2.05, 4.69) is 24.0 Å². The molecule has 1 aromatic heterocycles. The zero-order valence-electron chi connectivity index (χ0n) is 11.5. The Morgan fingerprint density at radius 2 is 2.00 bits per heavy atom. The molecule has 1 aromatic rings. The lowest BCUT2D eigenvalue weighted by molar-refractivity contribution is 0.0685. The maximum Gasteiger partial charge on any atom is 0.351 e. The Morgan fingerprint density at radius 1 is 1.37 bits per heavy atom. The predicted octanol–water partition coefficient (Wildman–Crippen LogP) is 2.40. The summed E-state index contributed by atoms with van der Waals surface area (Å²) in [5, 5.41) is 9.84. The second-order valence-electron chi connectivity index (χ2n) is 5.18. The molecule has 0 radical (unpaired) electrons. The van der Waals surface area contributed by atoms with Gasteiger partial charge in [0, 0.05) is 6.04 Å². The molecule has 2 rings (SSSR count). The van der Waals surface area contributed by atoms with Crippen molar-refractivity contribution in [3.05, 3.63) is 9.88 Å². The first-order valence-electron chi connectivity index (χ1n) is 6.51. The molecular weight excluding hydrogens is 264 g/mol. The van der Waals surface area contributed by atoms with Crippen LogP contribution in [0.25, 0.3) is 0 Å². The molecule has 106 valence electrons. The van der Waals surface area contributed by atoms with Crippen LogP contribution < -0.4 is 4.74 Å². The van der Waals surface area contributed by atoms with Gasteiger partial charge >= 0.3 is 5.97 Å². The lowest BCUT2D eigenvalue weighted by Gasteiger charge is -2.32. The molecule has 19 heavy (non-hydrogen) atoms. The number of aromatic nitrogens is 1. The van der Waals surface area contributed by atoms with Crippen molar-refractivity contribution in [2.45, 2.75) is 44.8 Å². The number of aromatic carboxylic acids is 1. The summed E-state index contributed by atoms with van der Waals surface area (Å²) in [5.74, 6) is -0.661. The third kappa shape index (κ3) is 3.45. The molecule has 0 atom stereocenters. The Kier molecular flexibility index (Phi) is 4.42. The van der Waals surface area contributed by atoms with Crippen molar-refractivity contribution in [2.75, 3.05) is 14.1 Å². The maximum absolute atomic E-state index is 11.1. The highest BCUT2D eigenvalue weighted by Gasteiger charge is 2.26. The Balaban J connectivity index is 1.97. The summed E-state index contributed by atoms with van der Waals surface area (Å²) in [6.07, 6.45) is 4.18. The SMILES string of the molecule is Cc1nc(OC2CCC(N(C)C)CC2)c(C(=O)O)s1. The number of carbonyl (C=O) groups is 1. The fourth-order valence-electron chi connectivity index (χ4n) is 2.46. The summed E-state index contributed by atoms with van der Waals surface area (Å²) in [6.45, 7) is 1.80. The first kappa shape index (κ1) is 14.3. The van der Waals surface area contributed by atoms with Gasteiger partial charge < -0.3 is 14.7 Å². The van der Waals surface area contributed by atoms with Gasteiger partial charge in [-0.3, -0.25) is 0 Å². The van der Waals surface area contributed by atoms with Gasteiger partial charge in [0.15, 0.2) is 4.88 Å². The second kappa shape index (κ2) is 5.88. The number of carboxylic acid groups (broad SMARTS) is 1. The number of ether oxygens (including phenoxy) is 1. The largest absolute Gasteiger partial charge is 0.477 e. The average molecular weight is 284 g/mol. The molecule has 0 aliphatic heterocycles. The molecule has 1 saturated carbocycles. The summed E-state index contributed by atoms with van der Waals surface area (Å²) in [5.41, 5.74) is 0. The van der Waals surface area contributed by atoms with Gasteiger partial charge in [0.05, 0.1) is 5.01 Å². The van der Waals surface area contributed by atoms with E-state index < -0.39 is 5.97 Å². The summed E-state index contributed by atoms with van der Waals surface area (Å²) >= 11 is 1.17. The van der Waals surface area contributed by atoms with Crippen molar-refractivity contribution in [2.24, 2.45) is 0 Å². The number of thiazole rings is 1. The zero-order valence-corrected chi connectivity index (χ0v) is 12.4. The van der Waals surface area contributed by atoms with Crippen LogP contribution in [0.4, 0.5) is 0 Å². The van der Waals surface area contributed by atoms with Crippen LogP contribution in [0.1, 0.15) is 40.4 Å². The van der Waals surface area contributed by atoms with E-state index in [1.165, 1.54) is 11.3 Å². The number of carboxylic acids is 1. The normalized spacial score (nSPS) is 23.6.